The smallest absolute Gasteiger partial charge is 0.336 e. The summed E-state index contributed by atoms with van der Waals surface area (Å²) in [5.74, 6) is -8.58. The topological polar surface area (TPSA) is 112 Å². The first kappa shape index (κ1) is 15.9. The monoisotopic (exact) mass is 317 g/mol. The van der Waals surface area contributed by atoms with Gasteiger partial charge in [-0.25, -0.2) is 13.8 Å². The number of nitrogens with zero attached hydrogens (tertiary/aromatic N) is 2. The van der Waals surface area contributed by atoms with Gasteiger partial charge in [0.25, 0.3) is 0 Å². The second-order valence-corrected chi connectivity index (χ2v) is 4.58. The molecule has 0 saturated heterocycles. The van der Waals surface area contributed by atoms with Gasteiger partial charge in [0.1, 0.15) is 23.8 Å². The summed E-state index contributed by atoms with van der Waals surface area (Å²) < 4.78 is 55.3. The maximum absolute atomic E-state index is 14.2. The Hall–Kier alpha value is -2.49. The number of nitrogens with two attached hydrogens (primary N) is 1. The number of hydrogen-bond acceptors (Lipinski definition) is 4. The quantitative estimate of drug-likeness (QED) is 0.375. The number of alkyl halides is 2. The fourth-order valence-electron chi connectivity index (χ4n) is 1.98. The molecule has 0 spiro atoms. The van der Waals surface area contributed by atoms with E-state index in [0.29, 0.717) is 18.2 Å². The standard InChI is InChI=1S/C12H11F4N5O/c13-6-1-2-7(8(14)3-6)11(22,12(15,16)10(17)18)4-9-19-5-20-21-9/h1-3,5,22H,4H2,(H3,17,18)(H,19,20,21). The maximum Gasteiger partial charge on any atom is 0.336 e. The lowest BCUT2D eigenvalue weighted by Gasteiger charge is -2.35. The van der Waals surface area contributed by atoms with Crippen LogP contribution >= 0.6 is 0 Å². The predicted molar refractivity (Wildman–Crippen MR) is 67.2 cm³/mol. The highest BCUT2D eigenvalue weighted by atomic mass is 19.3. The van der Waals surface area contributed by atoms with Crippen LogP contribution in [0, 0.1) is 17.0 Å². The predicted octanol–water partition coefficient (Wildman–Crippen LogP) is 1.08. The molecule has 0 radical (unpaired) electrons. The van der Waals surface area contributed by atoms with Crippen molar-refractivity contribution in [2.45, 2.75) is 17.9 Å². The molecule has 0 saturated carbocycles. The van der Waals surface area contributed by atoms with E-state index in [2.05, 4.69) is 15.2 Å². The molecule has 1 aromatic heterocycles. The Morgan fingerprint density at radius 2 is 2.05 bits per heavy atom. The van der Waals surface area contributed by atoms with Crippen LogP contribution in [0.1, 0.15) is 11.4 Å². The van der Waals surface area contributed by atoms with Crippen molar-refractivity contribution in [1.82, 2.24) is 15.2 Å². The van der Waals surface area contributed by atoms with Crippen molar-refractivity contribution in [2.75, 3.05) is 0 Å². The van der Waals surface area contributed by atoms with Gasteiger partial charge in [-0.05, 0) is 6.07 Å². The molecule has 5 N–H and O–H groups in total. The van der Waals surface area contributed by atoms with Gasteiger partial charge in [0, 0.05) is 18.1 Å². The van der Waals surface area contributed by atoms with E-state index in [4.69, 9.17) is 11.1 Å². The fraction of sp³-hybridized carbons (Fsp3) is 0.250. The number of benzene rings is 1. The molecule has 6 nitrogen and oxygen atoms in total. The molecule has 2 aromatic rings. The Kier molecular flexibility index (Phi) is 3.88. The molecule has 0 bridgehead atoms. The molecule has 1 aromatic carbocycles. The average molecular weight is 317 g/mol. The van der Waals surface area contributed by atoms with E-state index in [1.807, 2.05) is 0 Å². The largest absolute Gasteiger partial charge is 0.382 e. The number of aromatic nitrogens is 3. The average Bonchev–Trinajstić information content (AvgIpc) is 2.90. The number of amidine groups is 1. The molecule has 0 aliphatic rings. The normalized spacial score (nSPS) is 14.6. The van der Waals surface area contributed by atoms with E-state index in [1.54, 1.807) is 0 Å². The zero-order chi connectivity index (χ0) is 16.5. The molecule has 2 rings (SSSR count). The van der Waals surface area contributed by atoms with Crippen LogP contribution in [0.5, 0.6) is 0 Å². The summed E-state index contributed by atoms with van der Waals surface area (Å²) >= 11 is 0. The van der Waals surface area contributed by atoms with Gasteiger partial charge in [-0.1, -0.05) is 6.07 Å². The summed E-state index contributed by atoms with van der Waals surface area (Å²) in [6.45, 7) is 0. The Bertz CT molecular complexity index is 691. The van der Waals surface area contributed by atoms with Crippen LogP contribution in [0.25, 0.3) is 0 Å². The van der Waals surface area contributed by atoms with E-state index in [-0.39, 0.29) is 5.82 Å². The van der Waals surface area contributed by atoms with E-state index in [0.717, 1.165) is 6.33 Å². The van der Waals surface area contributed by atoms with Gasteiger partial charge in [-0.3, -0.25) is 10.5 Å². The second-order valence-electron chi connectivity index (χ2n) is 4.58. The molecule has 118 valence electrons. The molecule has 22 heavy (non-hydrogen) atoms. The summed E-state index contributed by atoms with van der Waals surface area (Å²) in [4.78, 5) is 3.58. The first-order valence-electron chi connectivity index (χ1n) is 5.93. The number of aliphatic hydroxyl groups is 1. The van der Waals surface area contributed by atoms with Crippen LogP contribution in [0.3, 0.4) is 0 Å². The molecular weight excluding hydrogens is 306 g/mol. The number of rotatable bonds is 5. The summed E-state index contributed by atoms with van der Waals surface area (Å²) in [6, 6.07) is 1.72. The van der Waals surface area contributed by atoms with Crippen molar-refractivity contribution < 1.29 is 22.7 Å². The minimum absolute atomic E-state index is 0.188. The van der Waals surface area contributed by atoms with Crippen molar-refractivity contribution in [3.05, 3.63) is 47.5 Å². The molecule has 0 fully saturated rings. The Morgan fingerprint density at radius 3 is 2.55 bits per heavy atom. The second kappa shape index (κ2) is 5.37. The van der Waals surface area contributed by atoms with Crippen molar-refractivity contribution in [1.29, 1.82) is 5.41 Å². The Morgan fingerprint density at radius 1 is 1.36 bits per heavy atom. The highest BCUT2D eigenvalue weighted by Gasteiger charge is 2.58. The Balaban J connectivity index is 2.61. The molecule has 0 aliphatic heterocycles. The van der Waals surface area contributed by atoms with E-state index >= 15 is 0 Å². The van der Waals surface area contributed by atoms with Gasteiger partial charge in [-0.2, -0.15) is 13.9 Å². The molecule has 0 amide bonds. The van der Waals surface area contributed by atoms with Gasteiger partial charge >= 0.3 is 5.92 Å². The number of aromatic amines is 1. The van der Waals surface area contributed by atoms with Crippen LogP contribution in [0.4, 0.5) is 17.6 Å². The third kappa shape index (κ3) is 2.52. The minimum Gasteiger partial charge on any atom is -0.382 e. The van der Waals surface area contributed by atoms with Crippen molar-refractivity contribution in [3.63, 3.8) is 0 Å². The van der Waals surface area contributed by atoms with Gasteiger partial charge in [0.05, 0.1) is 0 Å². The van der Waals surface area contributed by atoms with Crippen LogP contribution < -0.4 is 5.73 Å². The van der Waals surface area contributed by atoms with E-state index in [9.17, 15) is 22.7 Å². The Labute approximate surface area is 121 Å². The molecule has 1 atom stereocenters. The third-order valence-corrected chi connectivity index (χ3v) is 3.12. The van der Waals surface area contributed by atoms with Crippen LogP contribution in [0.2, 0.25) is 0 Å². The van der Waals surface area contributed by atoms with Gasteiger partial charge in [0.2, 0.25) is 0 Å². The molecular formula is C12H11F4N5O. The number of hydrogen-bond donors (Lipinski definition) is 4. The van der Waals surface area contributed by atoms with Crippen molar-refractivity contribution in [3.8, 4) is 0 Å². The fourth-order valence-corrected chi connectivity index (χ4v) is 1.98. The zero-order valence-electron chi connectivity index (χ0n) is 10.9. The molecule has 1 unspecified atom stereocenters. The summed E-state index contributed by atoms with van der Waals surface area (Å²) in [6.07, 6.45) is 0.0881. The molecule has 1 heterocycles. The highest BCUT2D eigenvalue weighted by molar-refractivity contribution is 5.86. The van der Waals surface area contributed by atoms with E-state index < -0.39 is 41.0 Å². The molecule has 0 aliphatic carbocycles. The lowest BCUT2D eigenvalue weighted by molar-refractivity contribution is -0.146. The van der Waals surface area contributed by atoms with Crippen LogP contribution in [0.15, 0.2) is 24.5 Å². The lowest BCUT2D eigenvalue weighted by Crippen LogP contribution is -2.55. The van der Waals surface area contributed by atoms with E-state index in [1.165, 1.54) is 0 Å². The third-order valence-electron chi connectivity index (χ3n) is 3.12. The highest BCUT2D eigenvalue weighted by Crippen LogP contribution is 2.41. The van der Waals surface area contributed by atoms with Crippen LogP contribution in [-0.2, 0) is 12.0 Å². The maximum atomic E-state index is 14.2. The molecule has 10 heteroatoms. The van der Waals surface area contributed by atoms with Crippen molar-refractivity contribution in [2.24, 2.45) is 5.73 Å². The van der Waals surface area contributed by atoms with Gasteiger partial charge in [-0.15, -0.1) is 0 Å². The first-order chi connectivity index (χ1) is 10.2. The summed E-state index contributed by atoms with van der Waals surface area (Å²) in [7, 11) is 0. The summed E-state index contributed by atoms with van der Waals surface area (Å²) in [5, 5.41) is 23.0. The van der Waals surface area contributed by atoms with Gasteiger partial charge in [0.15, 0.2) is 11.4 Å². The number of nitrogens with one attached hydrogen (secondary N) is 2. The lowest BCUT2D eigenvalue weighted by atomic mass is 9.83. The number of halogens is 4. The van der Waals surface area contributed by atoms with Crippen molar-refractivity contribution >= 4 is 5.84 Å². The number of H-pyrrole nitrogens is 1. The SMILES string of the molecule is N=C(N)C(F)(F)C(O)(Cc1ncn[nH]1)c1ccc(F)cc1F. The zero-order valence-corrected chi connectivity index (χ0v) is 10.9. The minimum atomic E-state index is -4.32. The summed E-state index contributed by atoms with van der Waals surface area (Å²) in [5.41, 5.74) is 0.682. The van der Waals surface area contributed by atoms with Gasteiger partial charge < -0.3 is 10.8 Å². The van der Waals surface area contributed by atoms with Crippen LogP contribution in [-0.4, -0.2) is 32.0 Å². The first-order valence-corrected chi connectivity index (χ1v) is 5.93.